The van der Waals surface area contributed by atoms with Gasteiger partial charge in [-0.1, -0.05) is 25.7 Å². The fourth-order valence-corrected chi connectivity index (χ4v) is 15.3. The lowest BCUT2D eigenvalue weighted by molar-refractivity contribution is -0.231. The third-order valence-corrected chi connectivity index (χ3v) is 16.2. The third kappa shape index (κ3) is 4.03. The predicted octanol–water partition coefficient (Wildman–Crippen LogP) is 6.74. The molecular weight excluding hydrogens is 496 g/mol. The average Bonchev–Trinajstić information content (AvgIpc) is 3.65. The van der Waals surface area contributed by atoms with Gasteiger partial charge in [0.15, 0.2) is 12.6 Å². The van der Waals surface area contributed by atoms with Crippen molar-refractivity contribution in [2.45, 2.75) is 135 Å². The molecule has 0 bridgehead atoms. The summed E-state index contributed by atoms with van der Waals surface area (Å²) in [6, 6.07) is 0. The Hall–Kier alpha value is -0.160. The van der Waals surface area contributed by atoms with Gasteiger partial charge in [-0.3, -0.25) is 0 Å². The quantitative estimate of drug-likeness (QED) is 0.291. The van der Waals surface area contributed by atoms with E-state index >= 15 is 0 Å². The van der Waals surface area contributed by atoms with Gasteiger partial charge in [-0.15, -0.1) is 0 Å². The van der Waals surface area contributed by atoms with Crippen LogP contribution in [0, 0.1) is 88.3 Å². The maximum absolute atomic E-state index is 11.1. The van der Waals surface area contributed by atoms with Crippen molar-refractivity contribution in [2.24, 2.45) is 88.3 Å². The third-order valence-electron chi connectivity index (χ3n) is 16.2. The van der Waals surface area contributed by atoms with E-state index in [1.165, 1.54) is 96.3 Å². The number of aliphatic hydroxyl groups excluding tert-OH is 2. The summed E-state index contributed by atoms with van der Waals surface area (Å²) in [7, 11) is 0. The van der Waals surface area contributed by atoms with Gasteiger partial charge in [0.1, 0.15) is 0 Å². The molecule has 8 fully saturated rings. The summed E-state index contributed by atoms with van der Waals surface area (Å²) in [5.41, 5.74) is 0.292. The maximum atomic E-state index is 11.1. The van der Waals surface area contributed by atoms with Crippen LogP contribution in [0.5, 0.6) is 0 Å². The molecule has 0 amide bonds. The summed E-state index contributed by atoms with van der Waals surface area (Å²) in [6.45, 7) is 0. The zero-order chi connectivity index (χ0) is 27.2. The number of hydrogen-bond acceptors (Lipinski definition) is 4. The first kappa shape index (κ1) is 27.4. The van der Waals surface area contributed by atoms with E-state index in [0.29, 0.717) is 29.1 Å². The first-order valence-corrected chi connectivity index (χ1v) is 18.2. The first-order chi connectivity index (χ1) is 19.5. The Morgan fingerprint density at radius 3 is 1.98 bits per heavy atom. The van der Waals surface area contributed by atoms with E-state index in [9.17, 15) is 20.4 Å². The molecule has 4 nitrogen and oxygen atoms in total. The maximum Gasteiger partial charge on any atom is 0.154 e. The molecule has 0 aliphatic heterocycles. The van der Waals surface area contributed by atoms with Crippen molar-refractivity contribution in [3.63, 3.8) is 0 Å². The van der Waals surface area contributed by atoms with Gasteiger partial charge >= 0.3 is 0 Å². The number of hydrogen-bond donors (Lipinski definition) is 4. The zero-order valence-corrected chi connectivity index (χ0v) is 25.0. The molecule has 40 heavy (non-hydrogen) atoms. The van der Waals surface area contributed by atoms with Crippen molar-refractivity contribution in [1.82, 2.24) is 0 Å². The summed E-state index contributed by atoms with van der Waals surface area (Å²) in [5.74, 6) is 9.78. The number of rotatable bonds is 3. The first-order valence-electron chi connectivity index (χ1n) is 18.2. The molecule has 0 aromatic carbocycles. The Balaban J connectivity index is 1.17. The van der Waals surface area contributed by atoms with Crippen LogP contribution in [0.25, 0.3) is 0 Å². The molecule has 0 radical (unpaired) electrons. The molecule has 8 rings (SSSR count). The lowest BCUT2D eigenvalue weighted by Gasteiger charge is -2.68. The Morgan fingerprint density at radius 1 is 0.450 bits per heavy atom. The smallest absolute Gasteiger partial charge is 0.154 e. The highest BCUT2D eigenvalue weighted by Gasteiger charge is 2.66. The summed E-state index contributed by atoms with van der Waals surface area (Å²) in [4.78, 5) is 0. The highest BCUT2D eigenvalue weighted by Crippen LogP contribution is 2.72. The molecule has 11 unspecified atom stereocenters. The zero-order valence-electron chi connectivity index (χ0n) is 25.0. The van der Waals surface area contributed by atoms with E-state index in [1.54, 1.807) is 0 Å². The monoisotopic (exact) mass is 554 g/mol. The predicted molar refractivity (Wildman–Crippen MR) is 155 cm³/mol. The molecule has 0 aromatic heterocycles. The van der Waals surface area contributed by atoms with E-state index in [2.05, 4.69) is 0 Å². The van der Waals surface area contributed by atoms with E-state index in [-0.39, 0.29) is 11.8 Å². The lowest BCUT2D eigenvalue weighted by Crippen LogP contribution is -2.63. The van der Waals surface area contributed by atoms with Gasteiger partial charge in [-0.2, -0.15) is 0 Å². The fraction of sp³-hybridized carbons (Fsp3) is 1.00. The van der Waals surface area contributed by atoms with E-state index < -0.39 is 12.6 Å². The standard InChI is InChI=1S/C36H58O4/c37-34(38)23-8-10-25-22(19-23)17-18-36(31-6-2-4-21(31)9-16-32(25)36)33-29-14-12-26-24-5-1-3-20(24)7-11-27(26)28(29)13-15-30(33)35(39)40/h20-35,37-40H,1-19H2/t20?,21-,22?,23?,24?,25-,26?,27?,28?,29?,30?,31+,32+,33?,36?/m0/s1. The number of fused-ring (bicyclic) bond motifs is 10. The van der Waals surface area contributed by atoms with Crippen LogP contribution >= 0.6 is 0 Å². The minimum Gasteiger partial charge on any atom is -0.368 e. The summed E-state index contributed by atoms with van der Waals surface area (Å²) >= 11 is 0. The van der Waals surface area contributed by atoms with Crippen molar-refractivity contribution in [2.75, 3.05) is 0 Å². The molecule has 8 saturated carbocycles. The normalized spacial score (nSPS) is 55.6. The van der Waals surface area contributed by atoms with Gasteiger partial charge < -0.3 is 20.4 Å². The topological polar surface area (TPSA) is 80.9 Å². The molecule has 0 aromatic rings. The molecule has 0 spiro atoms. The van der Waals surface area contributed by atoms with E-state index in [4.69, 9.17) is 0 Å². The molecular formula is C36H58O4. The molecule has 4 N–H and O–H groups in total. The highest BCUT2D eigenvalue weighted by atomic mass is 16.5. The van der Waals surface area contributed by atoms with Gasteiger partial charge in [-0.25, -0.2) is 0 Å². The largest absolute Gasteiger partial charge is 0.368 e. The summed E-state index contributed by atoms with van der Waals surface area (Å²) in [5, 5.41) is 42.3. The van der Waals surface area contributed by atoms with Crippen LogP contribution in [0.2, 0.25) is 0 Å². The van der Waals surface area contributed by atoms with E-state index in [1.807, 2.05) is 0 Å². The SMILES string of the molecule is OC(O)C1CC[C@H]2C(CCC3(C4C(C(O)O)CCC5C6CCC7CCCC7C6CCC54)[C@@H]4CCC[C@H]4CC[C@H]23)C1. The fourth-order valence-electron chi connectivity index (χ4n) is 15.3. The van der Waals surface area contributed by atoms with E-state index in [0.717, 1.165) is 73.0 Å². The Kier molecular flexibility index (Phi) is 7.18. The summed E-state index contributed by atoms with van der Waals surface area (Å²) < 4.78 is 0. The average molecular weight is 555 g/mol. The molecule has 8 aliphatic rings. The molecule has 0 saturated heterocycles. The second kappa shape index (κ2) is 10.5. The van der Waals surface area contributed by atoms with Gasteiger partial charge in [0, 0.05) is 11.8 Å². The molecule has 8 aliphatic carbocycles. The van der Waals surface area contributed by atoms with Crippen LogP contribution in [0.4, 0.5) is 0 Å². The summed E-state index contributed by atoms with van der Waals surface area (Å²) in [6.07, 6.45) is 22.7. The molecule has 0 heterocycles. The minimum atomic E-state index is -1.16. The minimum absolute atomic E-state index is 0.0589. The van der Waals surface area contributed by atoms with Crippen molar-refractivity contribution in [3.8, 4) is 0 Å². The molecule has 15 atom stereocenters. The number of aliphatic hydroxyl groups is 4. The van der Waals surface area contributed by atoms with Crippen LogP contribution in [0.15, 0.2) is 0 Å². The van der Waals surface area contributed by atoms with Crippen LogP contribution < -0.4 is 0 Å². The Labute approximate surface area is 243 Å². The van der Waals surface area contributed by atoms with Gasteiger partial charge in [-0.05, 0) is 173 Å². The lowest BCUT2D eigenvalue weighted by atomic mass is 9.37. The van der Waals surface area contributed by atoms with Crippen LogP contribution in [0.1, 0.15) is 122 Å². The molecule has 4 heteroatoms. The van der Waals surface area contributed by atoms with Gasteiger partial charge in [0.05, 0.1) is 0 Å². The highest BCUT2D eigenvalue weighted by molar-refractivity contribution is 5.14. The van der Waals surface area contributed by atoms with Gasteiger partial charge in [0.2, 0.25) is 0 Å². The Bertz CT molecular complexity index is 918. The Morgan fingerprint density at radius 2 is 1.12 bits per heavy atom. The van der Waals surface area contributed by atoms with Crippen molar-refractivity contribution < 1.29 is 20.4 Å². The van der Waals surface area contributed by atoms with Crippen LogP contribution in [-0.4, -0.2) is 33.0 Å². The van der Waals surface area contributed by atoms with Gasteiger partial charge in [0.25, 0.3) is 0 Å². The second-order valence-electron chi connectivity index (χ2n) is 16.9. The van der Waals surface area contributed by atoms with Crippen molar-refractivity contribution in [3.05, 3.63) is 0 Å². The molecule has 226 valence electrons. The van der Waals surface area contributed by atoms with Crippen molar-refractivity contribution in [1.29, 1.82) is 0 Å². The second-order valence-corrected chi connectivity index (χ2v) is 16.9. The van der Waals surface area contributed by atoms with Crippen LogP contribution in [-0.2, 0) is 0 Å². The van der Waals surface area contributed by atoms with Crippen molar-refractivity contribution >= 4 is 0 Å². The van der Waals surface area contributed by atoms with Crippen LogP contribution in [0.3, 0.4) is 0 Å².